The minimum absolute atomic E-state index is 0.829. The molecule has 3 heteroatoms. The monoisotopic (exact) mass is 279 g/mol. The minimum Gasteiger partial charge on any atom is -0.381 e. The van der Waals surface area contributed by atoms with Gasteiger partial charge < -0.3 is 15.2 Å². The van der Waals surface area contributed by atoms with E-state index in [9.17, 15) is 0 Å². The molecule has 0 amide bonds. The molecule has 0 bridgehead atoms. The molecule has 3 rings (SSSR count). The van der Waals surface area contributed by atoms with Crippen molar-refractivity contribution in [2.75, 3.05) is 19.4 Å². The number of rotatable bonds is 5. The Morgan fingerprint density at radius 3 is 2.76 bits per heavy atom. The van der Waals surface area contributed by atoms with Crippen LogP contribution in [0.1, 0.15) is 11.1 Å². The number of hydrogen-bond acceptors (Lipinski definition) is 2. The minimum atomic E-state index is 0.829. The summed E-state index contributed by atoms with van der Waals surface area (Å²) in [6.07, 6.45) is 2.08. The number of nitrogens with one attached hydrogen (secondary N) is 2. The maximum absolute atomic E-state index is 3.51. The molecule has 1 heterocycles. The fraction of sp³-hybridized carbons (Fsp3) is 0.222. The summed E-state index contributed by atoms with van der Waals surface area (Å²) in [4.78, 5) is 5.49. The number of fused-ring (bicyclic) bond motifs is 1. The fourth-order valence-electron chi connectivity index (χ4n) is 2.62. The van der Waals surface area contributed by atoms with Gasteiger partial charge in [-0.2, -0.15) is 0 Å². The van der Waals surface area contributed by atoms with Crippen LogP contribution in [0.3, 0.4) is 0 Å². The number of aromatic amines is 1. The van der Waals surface area contributed by atoms with Crippen LogP contribution in [0.15, 0.2) is 54.7 Å². The number of H-pyrrole nitrogens is 1. The zero-order valence-corrected chi connectivity index (χ0v) is 12.6. The largest absolute Gasteiger partial charge is 0.381 e. The molecule has 0 aliphatic carbocycles. The number of benzene rings is 2. The summed E-state index contributed by atoms with van der Waals surface area (Å²) in [5, 5.41) is 4.80. The van der Waals surface area contributed by atoms with Crippen molar-refractivity contribution in [1.29, 1.82) is 0 Å². The second-order valence-electron chi connectivity index (χ2n) is 5.65. The third kappa shape index (κ3) is 3.26. The SMILES string of the molecule is CN(C)Cc1cccc(NCc2c[nH]c3ccccc23)c1. The highest BCUT2D eigenvalue weighted by atomic mass is 15.0. The van der Waals surface area contributed by atoms with Crippen LogP contribution in [0.4, 0.5) is 5.69 Å². The summed E-state index contributed by atoms with van der Waals surface area (Å²) in [5.41, 5.74) is 4.97. The maximum Gasteiger partial charge on any atom is 0.0457 e. The Morgan fingerprint density at radius 2 is 1.90 bits per heavy atom. The summed E-state index contributed by atoms with van der Waals surface area (Å²) < 4.78 is 0. The van der Waals surface area contributed by atoms with Crippen molar-refractivity contribution in [3.63, 3.8) is 0 Å². The van der Waals surface area contributed by atoms with Gasteiger partial charge in [-0.3, -0.25) is 0 Å². The lowest BCUT2D eigenvalue weighted by atomic mass is 10.1. The van der Waals surface area contributed by atoms with E-state index in [1.54, 1.807) is 0 Å². The van der Waals surface area contributed by atoms with Gasteiger partial charge in [0, 0.05) is 35.9 Å². The maximum atomic E-state index is 3.51. The van der Waals surface area contributed by atoms with Crippen molar-refractivity contribution in [1.82, 2.24) is 9.88 Å². The summed E-state index contributed by atoms with van der Waals surface area (Å²) in [6, 6.07) is 17.0. The van der Waals surface area contributed by atoms with E-state index in [-0.39, 0.29) is 0 Å². The van der Waals surface area contributed by atoms with Crippen LogP contribution in [0, 0.1) is 0 Å². The first kappa shape index (κ1) is 13.7. The van der Waals surface area contributed by atoms with Gasteiger partial charge in [0.15, 0.2) is 0 Å². The molecule has 3 aromatic rings. The normalized spacial score (nSPS) is 11.2. The van der Waals surface area contributed by atoms with Crippen LogP contribution in [0.25, 0.3) is 10.9 Å². The first-order chi connectivity index (χ1) is 10.2. The number of nitrogens with zero attached hydrogens (tertiary/aromatic N) is 1. The first-order valence-corrected chi connectivity index (χ1v) is 7.25. The van der Waals surface area contributed by atoms with Crippen LogP contribution in [0.2, 0.25) is 0 Å². The van der Waals surface area contributed by atoms with Crippen molar-refractivity contribution < 1.29 is 0 Å². The predicted molar refractivity (Wildman–Crippen MR) is 89.5 cm³/mol. The molecule has 2 N–H and O–H groups in total. The topological polar surface area (TPSA) is 31.1 Å². The van der Waals surface area contributed by atoms with Crippen LogP contribution in [-0.4, -0.2) is 24.0 Å². The van der Waals surface area contributed by atoms with Gasteiger partial charge in [0.1, 0.15) is 0 Å². The number of hydrogen-bond donors (Lipinski definition) is 2. The zero-order valence-electron chi connectivity index (χ0n) is 12.6. The smallest absolute Gasteiger partial charge is 0.0457 e. The van der Waals surface area contributed by atoms with E-state index < -0.39 is 0 Å². The summed E-state index contributed by atoms with van der Waals surface area (Å²) in [6.45, 7) is 1.79. The van der Waals surface area contributed by atoms with E-state index in [4.69, 9.17) is 0 Å². The molecule has 0 unspecified atom stereocenters. The Balaban J connectivity index is 1.72. The molecule has 0 spiro atoms. The fourth-order valence-corrected chi connectivity index (χ4v) is 2.62. The van der Waals surface area contributed by atoms with E-state index in [2.05, 4.69) is 84.0 Å². The molecule has 0 radical (unpaired) electrons. The highest BCUT2D eigenvalue weighted by Gasteiger charge is 2.03. The molecule has 0 fully saturated rings. The van der Waals surface area contributed by atoms with E-state index in [1.807, 2.05) is 0 Å². The molecule has 3 nitrogen and oxygen atoms in total. The zero-order chi connectivity index (χ0) is 14.7. The molecule has 1 aromatic heterocycles. The van der Waals surface area contributed by atoms with Gasteiger partial charge in [-0.15, -0.1) is 0 Å². The predicted octanol–water partition coefficient (Wildman–Crippen LogP) is 3.84. The number of para-hydroxylation sites is 1. The van der Waals surface area contributed by atoms with E-state index in [1.165, 1.54) is 27.7 Å². The van der Waals surface area contributed by atoms with E-state index in [0.29, 0.717) is 0 Å². The molecule has 0 saturated carbocycles. The average Bonchev–Trinajstić information content (AvgIpc) is 2.88. The van der Waals surface area contributed by atoms with Crippen molar-refractivity contribution >= 4 is 16.6 Å². The molecule has 0 aliphatic heterocycles. The number of aromatic nitrogens is 1. The van der Waals surface area contributed by atoms with Crippen molar-refractivity contribution in [2.45, 2.75) is 13.1 Å². The second kappa shape index (κ2) is 6.02. The van der Waals surface area contributed by atoms with Crippen LogP contribution < -0.4 is 5.32 Å². The third-order valence-corrected chi connectivity index (χ3v) is 3.58. The Labute approximate surface area is 125 Å². The molecular formula is C18H21N3. The highest BCUT2D eigenvalue weighted by Crippen LogP contribution is 2.19. The molecule has 0 aliphatic rings. The van der Waals surface area contributed by atoms with Gasteiger partial charge in [0.2, 0.25) is 0 Å². The van der Waals surface area contributed by atoms with Gasteiger partial charge in [-0.25, -0.2) is 0 Å². The van der Waals surface area contributed by atoms with E-state index in [0.717, 1.165) is 13.1 Å². The van der Waals surface area contributed by atoms with Crippen molar-refractivity contribution in [2.24, 2.45) is 0 Å². The standard InChI is InChI=1S/C18H21N3/c1-21(2)13-14-6-5-7-16(10-14)19-11-15-12-20-18-9-4-3-8-17(15)18/h3-10,12,19-20H,11,13H2,1-2H3. The average molecular weight is 279 g/mol. The summed E-state index contributed by atoms with van der Waals surface area (Å²) in [5.74, 6) is 0. The van der Waals surface area contributed by atoms with E-state index >= 15 is 0 Å². The highest BCUT2D eigenvalue weighted by molar-refractivity contribution is 5.83. The lowest BCUT2D eigenvalue weighted by molar-refractivity contribution is 0.402. The van der Waals surface area contributed by atoms with Gasteiger partial charge in [0.05, 0.1) is 0 Å². The van der Waals surface area contributed by atoms with Crippen molar-refractivity contribution in [3.8, 4) is 0 Å². The van der Waals surface area contributed by atoms with Gasteiger partial charge in [-0.1, -0.05) is 30.3 Å². The third-order valence-electron chi connectivity index (χ3n) is 3.58. The van der Waals surface area contributed by atoms with Crippen LogP contribution >= 0.6 is 0 Å². The van der Waals surface area contributed by atoms with Gasteiger partial charge in [0.25, 0.3) is 0 Å². The first-order valence-electron chi connectivity index (χ1n) is 7.25. The van der Waals surface area contributed by atoms with Crippen LogP contribution in [-0.2, 0) is 13.1 Å². The summed E-state index contributed by atoms with van der Waals surface area (Å²) >= 11 is 0. The van der Waals surface area contributed by atoms with Gasteiger partial charge in [-0.05, 0) is 43.4 Å². The Bertz CT molecular complexity index is 728. The molecule has 0 saturated heterocycles. The Kier molecular flexibility index (Phi) is 3.93. The van der Waals surface area contributed by atoms with Crippen molar-refractivity contribution in [3.05, 3.63) is 65.9 Å². The Hall–Kier alpha value is -2.26. The molecule has 21 heavy (non-hydrogen) atoms. The Morgan fingerprint density at radius 1 is 1.05 bits per heavy atom. The van der Waals surface area contributed by atoms with Gasteiger partial charge >= 0.3 is 0 Å². The quantitative estimate of drug-likeness (QED) is 0.743. The molecule has 2 aromatic carbocycles. The second-order valence-corrected chi connectivity index (χ2v) is 5.65. The summed E-state index contributed by atoms with van der Waals surface area (Å²) in [7, 11) is 4.18. The lowest BCUT2D eigenvalue weighted by Crippen LogP contribution is -2.10. The molecule has 0 atom stereocenters. The number of anilines is 1. The lowest BCUT2D eigenvalue weighted by Gasteiger charge is -2.12. The van der Waals surface area contributed by atoms with Crippen LogP contribution in [0.5, 0.6) is 0 Å². The molecule has 108 valence electrons. The molecular weight excluding hydrogens is 258 g/mol.